The molecule has 1 fully saturated rings. The molecular weight excluding hydrogens is 252 g/mol. The summed E-state index contributed by atoms with van der Waals surface area (Å²) in [6, 6.07) is 3.94. The third kappa shape index (κ3) is 2.39. The van der Waals surface area contributed by atoms with Gasteiger partial charge in [-0.25, -0.2) is 9.97 Å². The van der Waals surface area contributed by atoms with Crippen molar-refractivity contribution in [3.8, 4) is 11.3 Å². The Labute approximate surface area is 117 Å². The van der Waals surface area contributed by atoms with E-state index in [-0.39, 0.29) is 5.91 Å². The Bertz CT molecular complexity index is 610. The van der Waals surface area contributed by atoms with Gasteiger partial charge in [-0.05, 0) is 31.4 Å². The summed E-state index contributed by atoms with van der Waals surface area (Å²) in [7, 11) is 1.87. The van der Waals surface area contributed by atoms with Crippen LogP contribution in [0.4, 0.5) is 0 Å². The lowest BCUT2D eigenvalue weighted by Gasteiger charge is -2.34. The van der Waals surface area contributed by atoms with Gasteiger partial charge in [0.05, 0.1) is 5.69 Å². The standard InChI is InChI=1S/C15H16N4O/c1-19(13-3-2-4-13)15(20)11-5-6-18-14(7-11)12-8-16-10-17-9-12/h5-10,13H,2-4H2,1H3. The lowest BCUT2D eigenvalue weighted by molar-refractivity contribution is 0.0652. The molecule has 5 nitrogen and oxygen atoms in total. The highest BCUT2D eigenvalue weighted by Crippen LogP contribution is 2.25. The molecule has 3 rings (SSSR count). The van der Waals surface area contributed by atoms with Crippen molar-refractivity contribution in [3.63, 3.8) is 0 Å². The number of carbonyl (C=O) groups excluding carboxylic acids is 1. The highest BCUT2D eigenvalue weighted by atomic mass is 16.2. The quantitative estimate of drug-likeness (QED) is 0.856. The molecule has 0 aromatic carbocycles. The van der Waals surface area contributed by atoms with Crippen LogP contribution in [0.5, 0.6) is 0 Å². The number of aromatic nitrogens is 3. The maximum atomic E-state index is 12.4. The summed E-state index contributed by atoms with van der Waals surface area (Å²) in [6.07, 6.45) is 9.94. The highest BCUT2D eigenvalue weighted by Gasteiger charge is 2.26. The van der Waals surface area contributed by atoms with Gasteiger partial charge in [-0.1, -0.05) is 0 Å². The van der Waals surface area contributed by atoms with Crippen LogP contribution < -0.4 is 0 Å². The predicted molar refractivity (Wildman–Crippen MR) is 75.0 cm³/mol. The van der Waals surface area contributed by atoms with Crippen molar-refractivity contribution in [2.45, 2.75) is 25.3 Å². The summed E-state index contributed by atoms with van der Waals surface area (Å²) in [5, 5.41) is 0. The summed E-state index contributed by atoms with van der Waals surface area (Å²) in [4.78, 5) is 26.5. The van der Waals surface area contributed by atoms with Crippen molar-refractivity contribution in [2.75, 3.05) is 7.05 Å². The minimum Gasteiger partial charge on any atom is -0.339 e. The Balaban J connectivity index is 1.85. The van der Waals surface area contributed by atoms with Gasteiger partial charge in [0, 0.05) is 42.8 Å². The van der Waals surface area contributed by atoms with E-state index in [0.717, 1.165) is 24.1 Å². The summed E-state index contributed by atoms with van der Waals surface area (Å²) >= 11 is 0. The lowest BCUT2D eigenvalue weighted by Crippen LogP contribution is -2.41. The number of nitrogens with zero attached hydrogens (tertiary/aromatic N) is 4. The molecule has 0 spiro atoms. The molecule has 102 valence electrons. The average molecular weight is 268 g/mol. The fourth-order valence-electron chi connectivity index (χ4n) is 2.30. The van der Waals surface area contributed by atoms with Gasteiger partial charge >= 0.3 is 0 Å². The molecule has 1 aliphatic carbocycles. The molecule has 20 heavy (non-hydrogen) atoms. The Morgan fingerprint density at radius 1 is 1.30 bits per heavy atom. The molecule has 2 aromatic heterocycles. The van der Waals surface area contributed by atoms with Crippen LogP contribution in [0.25, 0.3) is 11.3 Å². The third-order valence-corrected chi connectivity index (χ3v) is 3.81. The van der Waals surface area contributed by atoms with Gasteiger partial charge in [-0.2, -0.15) is 0 Å². The topological polar surface area (TPSA) is 59.0 Å². The average Bonchev–Trinajstić information content (AvgIpc) is 2.46. The van der Waals surface area contributed by atoms with Crippen LogP contribution in [-0.2, 0) is 0 Å². The van der Waals surface area contributed by atoms with Crippen molar-refractivity contribution in [1.82, 2.24) is 19.9 Å². The summed E-state index contributed by atoms with van der Waals surface area (Å²) in [5.41, 5.74) is 2.19. The monoisotopic (exact) mass is 268 g/mol. The van der Waals surface area contributed by atoms with Crippen molar-refractivity contribution in [3.05, 3.63) is 42.6 Å². The van der Waals surface area contributed by atoms with Crippen LogP contribution in [0.1, 0.15) is 29.6 Å². The maximum absolute atomic E-state index is 12.4. The normalized spacial score (nSPS) is 14.7. The lowest BCUT2D eigenvalue weighted by atomic mass is 9.91. The minimum atomic E-state index is 0.0511. The molecule has 1 saturated carbocycles. The Morgan fingerprint density at radius 2 is 2.05 bits per heavy atom. The molecule has 0 saturated heterocycles. The SMILES string of the molecule is CN(C(=O)c1ccnc(-c2cncnc2)c1)C1CCC1. The summed E-state index contributed by atoms with van der Waals surface area (Å²) in [6.45, 7) is 0. The molecular formula is C15H16N4O. The largest absolute Gasteiger partial charge is 0.339 e. The second-order valence-corrected chi connectivity index (χ2v) is 5.06. The van der Waals surface area contributed by atoms with Crippen molar-refractivity contribution in [1.29, 1.82) is 0 Å². The zero-order valence-electron chi connectivity index (χ0n) is 11.4. The first kappa shape index (κ1) is 12.7. The first-order valence-electron chi connectivity index (χ1n) is 6.74. The second-order valence-electron chi connectivity index (χ2n) is 5.06. The van der Waals surface area contributed by atoms with Gasteiger partial charge in [0.2, 0.25) is 0 Å². The molecule has 0 radical (unpaired) electrons. The summed E-state index contributed by atoms with van der Waals surface area (Å²) in [5.74, 6) is 0.0511. The zero-order valence-corrected chi connectivity index (χ0v) is 11.4. The van der Waals surface area contributed by atoms with Gasteiger partial charge in [0.15, 0.2) is 0 Å². The van der Waals surface area contributed by atoms with E-state index in [1.165, 1.54) is 12.7 Å². The number of amides is 1. The molecule has 2 aromatic rings. The van der Waals surface area contributed by atoms with E-state index in [0.29, 0.717) is 11.6 Å². The zero-order chi connectivity index (χ0) is 13.9. The number of carbonyl (C=O) groups is 1. The van der Waals surface area contributed by atoms with E-state index < -0.39 is 0 Å². The van der Waals surface area contributed by atoms with Gasteiger partial charge in [-0.3, -0.25) is 9.78 Å². The third-order valence-electron chi connectivity index (χ3n) is 3.81. The molecule has 2 heterocycles. The Kier molecular flexibility index (Phi) is 3.41. The van der Waals surface area contributed by atoms with Gasteiger partial charge in [0.1, 0.15) is 6.33 Å². The Morgan fingerprint density at radius 3 is 2.70 bits per heavy atom. The molecule has 0 bridgehead atoms. The molecule has 5 heteroatoms. The number of hydrogen-bond acceptors (Lipinski definition) is 4. The van der Waals surface area contributed by atoms with E-state index in [9.17, 15) is 4.79 Å². The van der Waals surface area contributed by atoms with Crippen LogP contribution in [0.2, 0.25) is 0 Å². The van der Waals surface area contributed by atoms with E-state index in [1.54, 1.807) is 30.7 Å². The smallest absolute Gasteiger partial charge is 0.253 e. The van der Waals surface area contributed by atoms with Crippen LogP contribution in [0, 0.1) is 0 Å². The number of hydrogen-bond donors (Lipinski definition) is 0. The van der Waals surface area contributed by atoms with E-state index in [1.807, 2.05) is 11.9 Å². The molecule has 1 amide bonds. The van der Waals surface area contributed by atoms with Crippen molar-refractivity contribution < 1.29 is 4.79 Å². The Hall–Kier alpha value is -2.30. The first-order chi connectivity index (χ1) is 9.75. The molecule has 0 atom stereocenters. The van der Waals surface area contributed by atoms with Gasteiger partial charge < -0.3 is 4.90 Å². The molecule has 0 aliphatic heterocycles. The fraction of sp³-hybridized carbons (Fsp3) is 0.333. The van der Waals surface area contributed by atoms with Gasteiger partial charge in [-0.15, -0.1) is 0 Å². The minimum absolute atomic E-state index is 0.0511. The maximum Gasteiger partial charge on any atom is 0.253 e. The molecule has 0 N–H and O–H groups in total. The van der Waals surface area contributed by atoms with Gasteiger partial charge in [0.25, 0.3) is 5.91 Å². The first-order valence-corrected chi connectivity index (χ1v) is 6.74. The van der Waals surface area contributed by atoms with Crippen molar-refractivity contribution in [2.24, 2.45) is 0 Å². The predicted octanol–water partition coefficient (Wildman–Crippen LogP) is 2.16. The van der Waals surface area contributed by atoms with Crippen LogP contribution >= 0.6 is 0 Å². The molecule has 0 unspecified atom stereocenters. The molecule has 1 aliphatic rings. The van der Waals surface area contributed by atoms with E-state index in [2.05, 4.69) is 15.0 Å². The van der Waals surface area contributed by atoms with E-state index >= 15 is 0 Å². The second kappa shape index (κ2) is 5.36. The van der Waals surface area contributed by atoms with Crippen LogP contribution in [0.3, 0.4) is 0 Å². The summed E-state index contributed by atoms with van der Waals surface area (Å²) < 4.78 is 0. The number of rotatable bonds is 3. The van der Waals surface area contributed by atoms with Crippen LogP contribution in [-0.4, -0.2) is 38.8 Å². The highest BCUT2D eigenvalue weighted by molar-refractivity contribution is 5.95. The fourth-order valence-corrected chi connectivity index (χ4v) is 2.30. The van der Waals surface area contributed by atoms with Crippen LogP contribution in [0.15, 0.2) is 37.1 Å². The van der Waals surface area contributed by atoms with Crippen molar-refractivity contribution >= 4 is 5.91 Å². The number of pyridine rings is 1. The van der Waals surface area contributed by atoms with E-state index in [4.69, 9.17) is 0 Å².